The van der Waals surface area contributed by atoms with Crippen LogP contribution in [0, 0.1) is 11.3 Å². The van der Waals surface area contributed by atoms with E-state index in [1.165, 1.54) is 4.57 Å². The first-order valence-electron chi connectivity index (χ1n) is 10.7. The quantitative estimate of drug-likeness (QED) is 0.407. The maximum absolute atomic E-state index is 13.3. The number of aryl methyl sites for hydroxylation is 1. The number of nitrogens with one attached hydrogen (secondary N) is 3. The molecule has 7 heteroatoms. The van der Waals surface area contributed by atoms with Crippen LogP contribution in [0.1, 0.15) is 35.6 Å². The fourth-order valence-electron chi connectivity index (χ4n) is 3.82. The molecule has 1 heterocycles. The zero-order valence-corrected chi connectivity index (χ0v) is 18.5. The summed E-state index contributed by atoms with van der Waals surface area (Å²) in [6, 6.07) is 24.0. The van der Waals surface area contributed by atoms with Gasteiger partial charge in [0.25, 0.3) is 0 Å². The number of benzene rings is 3. The Hall–Kier alpha value is -4.15. The van der Waals surface area contributed by atoms with Crippen molar-refractivity contribution < 1.29 is 4.79 Å². The van der Waals surface area contributed by atoms with Gasteiger partial charge in [0.1, 0.15) is 6.04 Å². The third-order valence-corrected chi connectivity index (χ3v) is 5.80. The summed E-state index contributed by atoms with van der Waals surface area (Å²) in [6.07, 6.45) is 0. The lowest BCUT2D eigenvalue weighted by Crippen LogP contribution is -2.35. The third-order valence-electron chi connectivity index (χ3n) is 5.80. The molecule has 4 rings (SSSR count). The average molecular weight is 440 g/mol. The lowest BCUT2D eigenvalue weighted by Gasteiger charge is -2.22. The highest BCUT2D eigenvalue weighted by Crippen LogP contribution is 2.21. The number of hydrogen-bond acceptors (Lipinski definition) is 4. The smallest absolute Gasteiger partial charge is 0.324 e. The van der Waals surface area contributed by atoms with Crippen LogP contribution in [0.4, 0.5) is 5.69 Å². The molecule has 0 saturated heterocycles. The summed E-state index contributed by atoms with van der Waals surface area (Å²) in [7, 11) is 1.69. The summed E-state index contributed by atoms with van der Waals surface area (Å²) < 4.78 is 1.51. The molecule has 0 fully saturated rings. The van der Waals surface area contributed by atoms with Gasteiger partial charge in [-0.25, -0.2) is 4.79 Å². The van der Waals surface area contributed by atoms with E-state index in [2.05, 4.69) is 28.6 Å². The van der Waals surface area contributed by atoms with Gasteiger partial charge in [-0.05, 0) is 47.4 Å². The fourth-order valence-corrected chi connectivity index (χ4v) is 3.82. The van der Waals surface area contributed by atoms with Crippen LogP contribution >= 0.6 is 0 Å². The van der Waals surface area contributed by atoms with E-state index in [1.54, 1.807) is 37.4 Å². The Kier molecular flexibility index (Phi) is 6.38. The number of amides is 1. The lowest BCUT2D eigenvalue weighted by atomic mass is 9.98. The maximum Gasteiger partial charge on any atom is 0.326 e. The topological polar surface area (TPSA) is 103 Å². The van der Waals surface area contributed by atoms with Gasteiger partial charge in [0, 0.05) is 19.3 Å². The zero-order valence-electron chi connectivity index (χ0n) is 18.5. The first kappa shape index (κ1) is 22.1. The number of imidazole rings is 1. The minimum atomic E-state index is -0.558. The first-order valence-corrected chi connectivity index (χ1v) is 10.7. The summed E-state index contributed by atoms with van der Waals surface area (Å²) in [5.74, 6) is -0.0457. The van der Waals surface area contributed by atoms with Crippen LogP contribution in [0.5, 0.6) is 0 Å². The second-order valence-corrected chi connectivity index (χ2v) is 8.10. The number of fused-ring (bicyclic) bond motifs is 1. The molecule has 0 bridgehead atoms. The predicted molar refractivity (Wildman–Crippen MR) is 129 cm³/mol. The Balaban J connectivity index is 1.53. The standard InChI is InChI=1S/C26H25N5O2/c1-17(19-10-8-18(15-27)9-11-19)16-28-24(20-6-4-3-5-7-20)25(32)29-21-12-13-22-23(14-21)31(2)26(33)30-22/h3-14,17,24,28H,16H2,1-2H3,(H,29,32)(H,30,33)/t17-,24-/m1/s1. The Bertz CT molecular complexity index is 1360. The van der Waals surface area contributed by atoms with Crippen LogP contribution in [0.25, 0.3) is 11.0 Å². The molecule has 0 aliphatic carbocycles. The van der Waals surface area contributed by atoms with Crippen molar-refractivity contribution in [2.24, 2.45) is 7.05 Å². The second kappa shape index (κ2) is 9.55. The number of hydrogen-bond donors (Lipinski definition) is 3. The first-order chi connectivity index (χ1) is 16.0. The lowest BCUT2D eigenvalue weighted by molar-refractivity contribution is -0.118. The number of aromatic nitrogens is 2. The van der Waals surface area contributed by atoms with Crippen molar-refractivity contribution in [2.75, 3.05) is 11.9 Å². The molecule has 3 aromatic carbocycles. The normalized spacial score (nSPS) is 12.8. The number of H-pyrrole nitrogens is 1. The predicted octanol–water partition coefficient (Wildman–Crippen LogP) is 3.81. The molecule has 7 nitrogen and oxygen atoms in total. The van der Waals surface area contributed by atoms with Crippen LogP contribution in [-0.4, -0.2) is 22.0 Å². The number of rotatable bonds is 7. The molecule has 0 unspecified atom stereocenters. The maximum atomic E-state index is 13.3. The molecule has 3 N–H and O–H groups in total. The molecule has 1 amide bonds. The summed E-state index contributed by atoms with van der Waals surface area (Å²) >= 11 is 0. The molecule has 0 aliphatic heterocycles. The molecular weight excluding hydrogens is 414 g/mol. The van der Waals surface area contributed by atoms with Crippen molar-refractivity contribution in [3.05, 3.63) is 100.0 Å². The number of anilines is 1. The van der Waals surface area contributed by atoms with Crippen molar-refractivity contribution >= 4 is 22.6 Å². The number of carbonyl (C=O) groups is 1. The highest BCUT2D eigenvalue weighted by molar-refractivity contribution is 5.97. The summed E-state index contributed by atoms with van der Waals surface area (Å²) in [6.45, 7) is 2.65. The summed E-state index contributed by atoms with van der Waals surface area (Å²) in [4.78, 5) is 27.9. The minimum absolute atomic E-state index is 0.141. The molecule has 33 heavy (non-hydrogen) atoms. The molecule has 1 aromatic heterocycles. The Morgan fingerprint density at radius 1 is 1.06 bits per heavy atom. The van der Waals surface area contributed by atoms with E-state index in [9.17, 15) is 9.59 Å². The van der Waals surface area contributed by atoms with Gasteiger partial charge in [0.15, 0.2) is 0 Å². The average Bonchev–Trinajstić information content (AvgIpc) is 3.12. The van der Waals surface area contributed by atoms with Crippen molar-refractivity contribution in [3.8, 4) is 6.07 Å². The molecule has 166 valence electrons. The van der Waals surface area contributed by atoms with Crippen molar-refractivity contribution in [3.63, 3.8) is 0 Å². The highest BCUT2D eigenvalue weighted by atomic mass is 16.2. The molecular formula is C26H25N5O2. The van der Waals surface area contributed by atoms with Crippen LogP contribution < -0.4 is 16.3 Å². The molecule has 2 atom stereocenters. The van der Waals surface area contributed by atoms with Gasteiger partial charge in [-0.15, -0.1) is 0 Å². The van der Waals surface area contributed by atoms with Gasteiger partial charge in [-0.1, -0.05) is 49.4 Å². The monoisotopic (exact) mass is 439 g/mol. The van der Waals surface area contributed by atoms with E-state index < -0.39 is 6.04 Å². The number of nitriles is 1. The molecule has 0 saturated carbocycles. The second-order valence-electron chi connectivity index (χ2n) is 8.10. The highest BCUT2D eigenvalue weighted by Gasteiger charge is 2.21. The molecule has 0 spiro atoms. The van der Waals surface area contributed by atoms with E-state index in [4.69, 9.17) is 5.26 Å². The zero-order chi connectivity index (χ0) is 23.4. The van der Waals surface area contributed by atoms with Gasteiger partial charge in [0.2, 0.25) is 5.91 Å². The van der Waals surface area contributed by atoms with Crippen molar-refractivity contribution in [2.45, 2.75) is 18.9 Å². The van der Waals surface area contributed by atoms with Crippen molar-refractivity contribution in [1.29, 1.82) is 5.26 Å². The number of aromatic amines is 1. The van der Waals surface area contributed by atoms with Crippen LogP contribution in [0.3, 0.4) is 0 Å². The SMILES string of the molecule is C[C@H](CN[C@@H](C(=O)Nc1ccc2[nH]c(=O)n(C)c2c1)c1ccccc1)c1ccc(C#N)cc1. The van der Waals surface area contributed by atoms with Gasteiger partial charge in [-0.2, -0.15) is 5.26 Å². The van der Waals surface area contributed by atoms with Crippen LogP contribution in [-0.2, 0) is 11.8 Å². The van der Waals surface area contributed by atoms with E-state index >= 15 is 0 Å². The summed E-state index contributed by atoms with van der Waals surface area (Å²) in [5, 5.41) is 15.4. The van der Waals surface area contributed by atoms with Gasteiger partial charge in [0.05, 0.1) is 22.7 Å². The fraction of sp³-hybridized carbons (Fsp3) is 0.192. The van der Waals surface area contributed by atoms with Crippen LogP contribution in [0.2, 0.25) is 0 Å². The Labute approximate surface area is 191 Å². The number of nitrogens with zero attached hydrogens (tertiary/aromatic N) is 2. The minimum Gasteiger partial charge on any atom is -0.324 e. The molecule has 0 aliphatic rings. The van der Waals surface area contributed by atoms with Gasteiger partial charge < -0.3 is 15.6 Å². The molecule has 0 radical (unpaired) electrons. The molecule has 4 aromatic rings. The van der Waals surface area contributed by atoms with E-state index in [1.807, 2.05) is 42.5 Å². The van der Waals surface area contributed by atoms with E-state index in [-0.39, 0.29) is 17.5 Å². The van der Waals surface area contributed by atoms with Gasteiger partial charge in [-0.3, -0.25) is 9.36 Å². The Morgan fingerprint density at radius 3 is 2.48 bits per heavy atom. The number of carbonyl (C=O) groups excluding carboxylic acids is 1. The Morgan fingerprint density at radius 2 is 1.79 bits per heavy atom. The largest absolute Gasteiger partial charge is 0.326 e. The summed E-state index contributed by atoms with van der Waals surface area (Å²) in [5.41, 5.74) is 4.42. The third kappa shape index (κ3) is 4.86. The van der Waals surface area contributed by atoms with Crippen LogP contribution in [0.15, 0.2) is 77.6 Å². The van der Waals surface area contributed by atoms with E-state index in [0.29, 0.717) is 17.8 Å². The van der Waals surface area contributed by atoms with Crippen molar-refractivity contribution in [1.82, 2.24) is 14.9 Å². The van der Waals surface area contributed by atoms with E-state index in [0.717, 1.165) is 22.2 Å². The van der Waals surface area contributed by atoms with Gasteiger partial charge >= 0.3 is 5.69 Å².